The molecule has 0 fully saturated rings. The van der Waals surface area contributed by atoms with Crippen LogP contribution in [0, 0.1) is 17.1 Å². The molecular weight excluding hydrogens is 814 g/mol. The number of nitrogens with zero attached hydrogens (tertiary/aromatic N) is 1. The van der Waals surface area contributed by atoms with E-state index in [2.05, 4.69) is 6.92 Å². The third kappa shape index (κ3) is 16.5. The molecule has 64 heavy (non-hydrogen) atoms. The minimum absolute atomic E-state index is 0.00583. The zero-order valence-corrected chi connectivity index (χ0v) is 36.5. The summed E-state index contributed by atoms with van der Waals surface area (Å²) >= 11 is 0. The Labute approximate surface area is 375 Å². The second-order valence-electron chi connectivity index (χ2n) is 15.6. The normalized spacial score (nSPS) is 10.7. The average molecular weight is 870 g/mol. The van der Waals surface area contributed by atoms with Crippen molar-refractivity contribution in [1.82, 2.24) is 0 Å². The quantitative estimate of drug-likeness (QED) is 0.0300. The Morgan fingerprint density at radius 2 is 0.875 bits per heavy atom. The van der Waals surface area contributed by atoms with Crippen LogP contribution >= 0.6 is 0 Å². The summed E-state index contributed by atoms with van der Waals surface area (Å²) in [6.07, 6.45) is 20.9. The number of unbranched alkanes of at least 4 members (excludes halogenated alkanes) is 15. The Balaban J connectivity index is 0.977. The molecule has 334 valence electrons. The lowest BCUT2D eigenvalue weighted by atomic mass is 10.0. The van der Waals surface area contributed by atoms with E-state index in [0.29, 0.717) is 17.9 Å². The summed E-state index contributed by atoms with van der Waals surface area (Å²) in [5.41, 5.74) is 0.725. The van der Waals surface area contributed by atoms with Crippen molar-refractivity contribution >= 4 is 23.9 Å². The monoisotopic (exact) mass is 869 g/mol. The summed E-state index contributed by atoms with van der Waals surface area (Å²) in [7, 11) is 0. The molecule has 0 heterocycles. The molecular formula is C53H56FNO9. The number of nitriles is 1. The van der Waals surface area contributed by atoms with Gasteiger partial charge in [-0.05, 0) is 116 Å². The molecule has 0 aliphatic rings. The molecule has 11 heteroatoms. The maximum Gasteiger partial charge on any atom is 0.343 e. The summed E-state index contributed by atoms with van der Waals surface area (Å²) in [6, 6.07) is 29.1. The van der Waals surface area contributed by atoms with Crippen molar-refractivity contribution < 1.29 is 47.3 Å². The van der Waals surface area contributed by atoms with Crippen molar-refractivity contribution in [1.29, 1.82) is 5.26 Å². The summed E-state index contributed by atoms with van der Waals surface area (Å²) in [5, 5.41) is 8.92. The van der Waals surface area contributed by atoms with Crippen LogP contribution < -0.4 is 23.7 Å². The van der Waals surface area contributed by atoms with Crippen LogP contribution in [0.3, 0.4) is 0 Å². The van der Waals surface area contributed by atoms with E-state index in [-0.39, 0.29) is 45.3 Å². The Morgan fingerprint density at radius 1 is 0.453 bits per heavy atom. The highest BCUT2D eigenvalue weighted by atomic mass is 19.1. The van der Waals surface area contributed by atoms with Gasteiger partial charge >= 0.3 is 23.9 Å². The maximum atomic E-state index is 15.1. The second-order valence-corrected chi connectivity index (χ2v) is 15.6. The number of halogens is 1. The largest absolute Gasteiger partial charge is 0.494 e. The molecule has 10 nitrogen and oxygen atoms in total. The topological polar surface area (TPSA) is 138 Å². The van der Waals surface area contributed by atoms with E-state index in [1.807, 2.05) is 6.07 Å². The number of esters is 4. The van der Waals surface area contributed by atoms with Gasteiger partial charge < -0.3 is 23.7 Å². The van der Waals surface area contributed by atoms with Crippen LogP contribution in [0.15, 0.2) is 115 Å². The third-order valence-corrected chi connectivity index (χ3v) is 10.5. The van der Waals surface area contributed by atoms with Gasteiger partial charge in [-0.1, -0.05) is 109 Å². The van der Waals surface area contributed by atoms with Crippen LogP contribution in [0.5, 0.6) is 28.7 Å². The summed E-state index contributed by atoms with van der Waals surface area (Å²) in [4.78, 5) is 51.1. The number of hydrogen-bond acceptors (Lipinski definition) is 10. The van der Waals surface area contributed by atoms with E-state index in [1.54, 1.807) is 24.3 Å². The number of ether oxygens (including phenoxy) is 5. The van der Waals surface area contributed by atoms with Gasteiger partial charge in [0.15, 0.2) is 11.6 Å². The van der Waals surface area contributed by atoms with Crippen molar-refractivity contribution in [3.05, 3.63) is 149 Å². The van der Waals surface area contributed by atoms with Crippen molar-refractivity contribution in [2.24, 2.45) is 0 Å². The van der Waals surface area contributed by atoms with Gasteiger partial charge in [-0.25, -0.2) is 23.6 Å². The zero-order valence-electron chi connectivity index (χ0n) is 36.5. The van der Waals surface area contributed by atoms with Gasteiger partial charge in [-0.15, -0.1) is 0 Å². The van der Waals surface area contributed by atoms with Crippen LogP contribution in [0.4, 0.5) is 4.39 Å². The fourth-order valence-electron chi connectivity index (χ4n) is 6.84. The molecule has 0 bridgehead atoms. The van der Waals surface area contributed by atoms with Gasteiger partial charge in [0, 0.05) is 0 Å². The number of carbonyl (C=O) groups excluding carboxylic acids is 4. The zero-order chi connectivity index (χ0) is 45.4. The molecule has 5 aromatic rings. The van der Waals surface area contributed by atoms with Crippen molar-refractivity contribution in [3.8, 4) is 34.8 Å². The summed E-state index contributed by atoms with van der Waals surface area (Å²) in [5.74, 6) is -3.40. The lowest BCUT2D eigenvalue weighted by Gasteiger charge is -2.10. The van der Waals surface area contributed by atoms with Crippen LogP contribution in [-0.4, -0.2) is 30.5 Å². The van der Waals surface area contributed by atoms with E-state index in [0.717, 1.165) is 25.0 Å². The van der Waals surface area contributed by atoms with E-state index in [1.165, 1.54) is 169 Å². The third-order valence-electron chi connectivity index (χ3n) is 10.5. The SMILES string of the molecule is CCCCCCCCCCCCCCCCCCOc1ccc(C(=O)Oc2ccc(C(=O)Oc3cccc(C(=O)Oc4ccc(C(=O)Oc5ccc(C#N)cc5)cc4)c3)cc2F)cc1. The molecule has 0 radical (unpaired) electrons. The summed E-state index contributed by atoms with van der Waals surface area (Å²) < 4.78 is 42.3. The first-order chi connectivity index (χ1) is 31.2. The fourth-order valence-corrected chi connectivity index (χ4v) is 6.84. The van der Waals surface area contributed by atoms with E-state index in [9.17, 15) is 19.2 Å². The highest BCUT2D eigenvalue weighted by Gasteiger charge is 2.18. The van der Waals surface area contributed by atoms with Gasteiger partial charge in [0.1, 0.15) is 23.0 Å². The minimum Gasteiger partial charge on any atom is -0.494 e. The Bertz CT molecular complexity index is 2300. The van der Waals surface area contributed by atoms with E-state index < -0.39 is 29.7 Å². The summed E-state index contributed by atoms with van der Waals surface area (Å²) in [6.45, 7) is 2.85. The Hall–Kier alpha value is -6.80. The molecule has 0 unspecified atom stereocenters. The van der Waals surface area contributed by atoms with Crippen LogP contribution in [-0.2, 0) is 0 Å². The smallest absolute Gasteiger partial charge is 0.343 e. The van der Waals surface area contributed by atoms with Crippen molar-refractivity contribution in [2.45, 2.75) is 110 Å². The molecule has 0 saturated carbocycles. The number of rotatable bonds is 26. The molecule has 0 saturated heterocycles. The molecule has 0 aliphatic carbocycles. The van der Waals surface area contributed by atoms with Crippen molar-refractivity contribution in [3.63, 3.8) is 0 Å². The molecule has 0 N–H and O–H groups in total. The predicted octanol–water partition coefficient (Wildman–Crippen LogP) is 13.2. The first-order valence-corrected chi connectivity index (χ1v) is 22.3. The van der Waals surface area contributed by atoms with Gasteiger partial charge in [0.2, 0.25) is 0 Å². The van der Waals surface area contributed by atoms with Crippen LogP contribution in [0.25, 0.3) is 0 Å². The number of benzene rings is 5. The van der Waals surface area contributed by atoms with Gasteiger partial charge in [-0.2, -0.15) is 5.26 Å². The Morgan fingerprint density at radius 3 is 1.39 bits per heavy atom. The molecule has 5 aromatic carbocycles. The molecule has 0 aliphatic heterocycles. The number of carbonyl (C=O) groups is 4. The first-order valence-electron chi connectivity index (χ1n) is 22.3. The van der Waals surface area contributed by atoms with Crippen molar-refractivity contribution in [2.75, 3.05) is 6.61 Å². The highest BCUT2D eigenvalue weighted by molar-refractivity contribution is 5.95. The fraction of sp³-hybridized carbons (Fsp3) is 0.340. The molecule has 0 atom stereocenters. The first kappa shape index (κ1) is 48.2. The van der Waals surface area contributed by atoms with Gasteiger partial charge in [0.25, 0.3) is 0 Å². The van der Waals surface area contributed by atoms with Gasteiger partial charge in [-0.3, -0.25) is 0 Å². The molecule has 0 aromatic heterocycles. The maximum absolute atomic E-state index is 15.1. The average Bonchev–Trinajstić information content (AvgIpc) is 3.31. The highest BCUT2D eigenvalue weighted by Crippen LogP contribution is 2.24. The van der Waals surface area contributed by atoms with Crippen LogP contribution in [0.1, 0.15) is 157 Å². The molecule has 0 spiro atoms. The standard InChI is InChI=1S/C53H56FNO9/c1-2-3-4-5-6-7-8-9-10-11-12-13-14-15-16-17-35-60-44-30-23-41(24-31-44)51(57)64-49-34-27-43(37-48(49)54)53(59)63-47-20-18-19-42(36-47)52(58)62-46-32-25-40(26-33-46)50(56)61-45-28-21-39(38-55)22-29-45/h18-34,36-37H,2-17,35H2,1H3. The second kappa shape index (κ2) is 26.6. The molecule has 0 amide bonds. The van der Waals surface area contributed by atoms with E-state index >= 15 is 4.39 Å². The van der Waals surface area contributed by atoms with Gasteiger partial charge in [0.05, 0.1) is 40.5 Å². The molecule has 5 rings (SSSR count). The van der Waals surface area contributed by atoms with Crippen LogP contribution in [0.2, 0.25) is 0 Å². The lowest BCUT2D eigenvalue weighted by molar-refractivity contribution is 0.0711. The predicted molar refractivity (Wildman–Crippen MR) is 242 cm³/mol. The lowest BCUT2D eigenvalue weighted by Crippen LogP contribution is -2.13. The number of hydrogen-bond donors (Lipinski definition) is 0. The van der Waals surface area contributed by atoms with E-state index in [4.69, 9.17) is 28.9 Å². The minimum atomic E-state index is -0.951. The Kier molecular flexibility index (Phi) is 20.1.